The summed E-state index contributed by atoms with van der Waals surface area (Å²) >= 11 is 0. The van der Waals surface area contributed by atoms with E-state index in [0.717, 1.165) is 25.8 Å². The van der Waals surface area contributed by atoms with Gasteiger partial charge in [-0.25, -0.2) is 0 Å². The van der Waals surface area contributed by atoms with Crippen LogP contribution in [0.3, 0.4) is 0 Å². The first-order valence-corrected chi connectivity index (χ1v) is 4.23. The van der Waals surface area contributed by atoms with Crippen LogP contribution < -0.4 is 29.6 Å². The molecule has 4 heteroatoms. The predicted molar refractivity (Wildman–Crippen MR) is 43.2 cm³/mol. The molecule has 0 atom stereocenters. The van der Waals surface area contributed by atoms with Crippen LogP contribution in [0.5, 0.6) is 0 Å². The molecule has 1 amide bonds. The monoisotopic (exact) mass is 181 g/mol. The van der Waals surface area contributed by atoms with Crippen molar-refractivity contribution in [2.75, 3.05) is 19.7 Å². The fourth-order valence-corrected chi connectivity index (χ4v) is 1.40. The Balaban J connectivity index is 0. The van der Waals surface area contributed by atoms with Crippen LogP contribution in [-0.4, -0.2) is 35.6 Å². The summed E-state index contributed by atoms with van der Waals surface area (Å²) in [4.78, 5) is 13.0. The van der Waals surface area contributed by atoms with Crippen molar-refractivity contribution >= 4 is 5.91 Å². The van der Waals surface area contributed by atoms with E-state index in [4.69, 9.17) is 5.11 Å². The normalized spacial score (nSPS) is 18.4. The first-order chi connectivity index (χ1) is 5.34. The molecule has 3 nitrogen and oxygen atoms in total. The van der Waals surface area contributed by atoms with Gasteiger partial charge in [-0.05, 0) is 12.8 Å². The molecular formula is C8H16NNaO2. The molecule has 0 radical (unpaired) electrons. The number of likely N-dealkylation sites (tertiary alicyclic amines) is 1. The molecule has 0 aromatic rings. The van der Waals surface area contributed by atoms with Crippen molar-refractivity contribution in [3.05, 3.63) is 0 Å². The summed E-state index contributed by atoms with van der Waals surface area (Å²) in [5.41, 5.74) is 0. The van der Waals surface area contributed by atoms with Crippen molar-refractivity contribution in [1.82, 2.24) is 4.90 Å². The summed E-state index contributed by atoms with van der Waals surface area (Å²) in [6.07, 6.45) is 3.92. The van der Waals surface area contributed by atoms with Crippen LogP contribution >= 0.6 is 0 Å². The zero-order valence-corrected chi connectivity index (χ0v) is 9.75. The molecule has 0 aliphatic carbocycles. The molecule has 1 N–H and O–H groups in total. The fourth-order valence-electron chi connectivity index (χ4n) is 1.40. The second-order valence-electron chi connectivity index (χ2n) is 2.92. The fraction of sp³-hybridized carbons (Fsp3) is 0.875. The molecule has 1 rings (SSSR count). The van der Waals surface area contributed by atoms with Gasteiger partial charge in [-0.15, -0.1) is 0 Å². The Morgan fingerprint density at radius 2 is 2.17 bits per heavy atom. The number of nitrogens with zero attached hydrogens (tertiary/aromatic N) is 1. The summed E-state index contributed by atoms with van der Waals surface area (Å²) < 4.78 is 0. The zero-order chi connectivity index (χ0) is 8.10. The maximum atomic E-state index is 11.2. The van der Waals surface area contributed by atoms with E-state index in [9.17, 15) is 4.79 Å². The smallest absolute Gasteiger partial charge is 1.00 e. The van der Waals surface area contributed by atoms with Crippen molar-refractivity contribution in [3.63, 3.8) is 0 Å². The molecule has 0 saturated carbocycles. The Hall–Kier alpha value is 0.430. The number of carbonyl (C=O) groups is 1. The largest absolute Gasteiger partial charge is 1.00 e. The summed E-state index contributed by atoms with van der Waals surface area (Å²) in [6, 6.07) is 0. The third kappa shape index (κ3) is 3.90. The van der Waals surface area contributed by atoms with Gasteiger partial charge in [0.1, 0.15) is 0 Å². The van der Waals surface area contributed by atoms with E-state index in [2.05, 4.69) is 0 Å². The van der Waals surface area contributed by atoms with Crippen molar-refractivity contribution in [2.24, 2.45) is 0 Å². The van der Waals surface area contributed by atoms with E-state index in [0.29, 0.717) is 13.0 Å². The number of aliphatic hydroxyl groups is 1. The second-order valence-corrected chi connectivity index (χ2v) is 2.92. The van der Waals surface area contributed by atoms with Crippen LogP contribution in [0.4, 0.5) is 0 Å². The maximum absolute atomic E-state index is 11.2. The number of carbonyl (C=O) groups excluding carboxylic acids is 1. The molecule has 1 aliphatic heterocycles. The van der Waals surface area contributed by atoms with Crippen molar-refractivity contribution in [3.8, 4) is 0 Å². The third-order valence-corrected chi connectivity index (χ3v) is 2.04. The van der Waals surface area contributed by atoms with Gasteiger partial charge in [0.05, 0.1) is 6.61 Å². The molecule has 1 fully saturated rings. The quantitative estimate of drug-likeness (QED) is 0.478. The first kappa shape index (κ1) is 12.4. The minimum absolute atomic E-state index is 0. The zero-order valence-electron chi connectivity index (χ0n) is 8.75. The summed E-state index contributed by atoms with van der Waals surface area (Å²) in [5.74, 6) is 0.205. The average molecular weight is 181 g/mol. The van der Waals surface area contributed by atoms with Crippen LogP contribution in [0, 0.1) is 0 Å². The van der Waals surface area contributed by atoms with Gasteiger partial charge in [-0.2, -0.15) is 0 Å². The molecule has 0 aromatic carbocycles. The number of hydrogen-bond acceptors (Lipinski definition) is 2. The molecular weight excluding hydrogens is 165 g/mol. The van der Waals surface area contributed by atoms with Crippen molar-refractivity contribution in [1.29, 1.82) is 0 Å². The summed E-state index contributed by atoms with van der Waals surface area (Å²) in [5, 5.41) is 8.63. The Morgan fingerprint density at radius 1 is 1.42 bits per heavy atom. The number of β-amino-alcohol motifs (C(OH)–C–C–N with tert-alkyl or cyclic N) is 1. The van der Waals surface area contributed by atoms with Gasteiger partial charge >= 0.3 is 29.6 Å². The number of hydrogen-bond donors (Lipinski definition) is 1. The van der Waals surface area contributed by atoms with E-state index in [1.54, 1.807) is 4.90 Å². The van der Waals surface area contributed by atoms with E-state index in [-0.39, 0.29) is 43.5 Å². The summed E-state index contributed by atoms with van der Waals surface area (Å²) in [6.45, 7) is 1.43. The third-order valence-electron chi connectivity index (χ3n) is 2.04. The predicted octanol–water partition coefficient (Wildman–Crippen LogP) is -2.50. The summed E-state index contributed by atoms with van der Waals surface area (Å²) in [7, 11) is 0. The minimum atomic E-state index is 0. The molecule has 1 aliphatic rings. The van der Waals surface area contributed by atoms with Gasteiger partial charge in [0.25, 0.3) is 0 Å². The van der Waals surface area contributed by atoms with Crippen LogP contribution in [0.25, 0.3) is 0 Å². The SMILES string of the molecule is O=C1CCCCCN1CCO.[H-].[Na+]. The van der Waals surface area contributed by atoms with Gasteiger partial charge < -0.3 is 11.4 Å². The van der Waals surface area contributed by atoms with Crippen LogP contribution in [0.2, 0.25) is 0 Å². The molecule has 1 saturated heterocycles. The molecule has 0 bridgehead atoms. The molecule has 0 unspecified atom stereocenters. The van der Waals surface area contributed by atoms with Crippen LogP contribution in [0.1, 0.15) is 27.1 Å². The van der Waals surface area contributed by atoms with E-state index in [1.165, 1.54) is 0 Å². The van der Waals surface area contributed by atoms with Gasteiger partial charge in [-0.3, -0.25) is 4.79 Å². The average Bonchev–Trinajstić information content (AvgIpc) is 2.18. The van der Waals surface area contributed by atoms with Crippen molar-refractivity contribution in [2.45, 2.75) is 25.7 Å². The Bertz CT molecular complexity index is 146. The molecule has 66 valence electrons. The number of amides is 1. The van der Waals surface area contributed by atoms with E-state index in [1.807, 2.05) is 0 Å². The van der Waals surface area contributed by atoms with Crippen molar-refractivity contribution < 1.29 is 40.9 Å². The topological polar surface area (TPSA) is 40.5 Å². The molecule has 0 aromatic heterocycles. The second kappa shape index (κ2) is 6.89. The number of rotatable bonds is 2. The Labute approximate surface area is 96.9 Å². The Kier molecular flexibility index (Phi) is 7.14. The van der Waals surface area contributed by atoms with Crippen LogP contribution in [-0.2, 0) is 4.79 Å². The van der Waals surface area contributed by atoms with Crippen LogP contribution in [0.15, 0.2) is 0 Å². The van der Waals surface area contributed by atoms with Gasteiger partial charge in [0, 0.05) is 19.5 Å². The molecule has 12 heavy (non-hydrogen) atoms. The Morgan fingerprint density at radius 3 is 2.83 bits per heavy atom. The van der Waals surface area contributed by atoms with Gasteiger partial charge in [0.15, 0.2) is 0 Å². The van der Waals surface area contributed by atoms with E-state index < -0.39 is 0 Å². The van der Waals surface area contributed by atoms with Gasteiger partial charge in [-0.1, -0.05) is 6.42 Å². The molecule has 1 heterocycles. The maximum Gasteiger partial charge on any atom is 1.00 e. The first-order valence-electron chi connectivity index (χ1n) is 4.23. The minimum Gasteiger partial charge on any atom is -1.00 e. The number of aliphatic hydroxyl groups excluding tert-OH is 1. The van der Waals surface area contributed by atoms with Gasteiger partial charge in [0.2, 0.25) is 5.91 Å². The standard InChI is InChI=1S/C8H15NO2.Na.H/c10-7-6-9-5-3-1-2-4-8(9)11;;/h10H,1-7H2;;/q;+1;-1. The van der Waals surface area contributed by atoms with E-state index >= 15 is 0 Å². The molecule has 0 spiro atoms.